The van der Waals surface area contributed by atoms with Crippen LogP contribution in [0.1, 0.15) is 31.7 Å². The molecule has 25 heavy (non-hydrogen) atoms. The van der Waals surface area contributed by atoms with E-state index in [0.29, 0.717) is 13.0 Å². The number of carbonyl (C=O) groups excluding carboxylic acids is 1. The van der Waals surface area contributed by atoms with Crippen molar-refractivity contribution in [3.63, 3.8) is 0 Å². The van der Waals surface area contributed by atoms with E-state index in [1.54, 1.807) is 6.20 Å². The lowest BCUT2D eigenvalue weighted by atomic mass is 9.93. The lowest BCUT2D eigenvalue weighted by Crippen LogP contribution is -2.48. The molecule has 0 saturated carbocycles. The monoisotopic (exact) mass is 341 g/mol. The number of carbonyl (C=O) groups is 1. The molecule has 2 heterocycles. The van der Waals surface area contributed by atoms with Gasteiger partial charge in [-0.2, -0.15) is 0 Å². The number of imidazole rings is 1. The van der Waals surface area contributed by atoms with Gasteiger partial charge in [-0.25, -0.2) is 4.98 Å². The predicted molar refractivity (Wildman–Crippen MR) is 96.7 cm³/mol. The fourth-order valence-electron chi connectivity index (χ4n) is 3.60. The maximum atomic E-state index is 13.3. The van der Waals surface area contributed by atoms with Gasteiger partial charge in [0.05, 0.1) is 12.6 Å². The highest BCUT2D eigenvalue weighted by atomic mass is 16.3. The Bertz CT molecular complexity index is 696. The van der Waals surface area contributed by atoms with Crippen LogP contribution in [0.15, 0.2) is 42.7 Å². The summed E-state index contributed by atoms with van der Waals surface area (Å²) in [5.41, 5.74) is 1.09. The molecule has 0 bridgehead atoms. The third kappa shape index (κ3) is 3.93. The molecule has 1 aliphatic rings. The van der Waals surface area contributed by atoms with E-state index in [1.807, 2.05) is 41.4 Å². The third-order valence-electron chi connectivity index (χ3n) is 5.13. The first kappa shape index (κ1) is 17.7. The number of hydrogen-bond donors (Lipinski definition) is 1. The van der Waals surface area contributed by atoms with E-state index in [9.17, 15) is 9.90 Å². The van der Waals surface area contributed by atoms with Gasteiger partial charge in [0.1, 0.15) is 5.82 Å². The summed E-state index contributed by atoms with van der Waals surface area (Å²) in [6.45, 7) is 5.46. The molecule has 2 aromatic rings. The molecule has 3 rings (SSSR count). The Balaban J connectivity index is 1.81. The van der Waals surface area contributed by atoms with Crippen molar-refractivity contribution >= 4 is 5.91 Å². The molecule has 0 fully saturated rings. The minimum atomic E-state index is -0.172. The van der Waals surface area contributed by atoms with Gasteiger partial charge >= 0.3 is 0 Å². The topological polar surface area (TPSA) is 58.4 Å². The summed E-state index contributed by atoms with van der Waals surface area (Å²) in [5, 5.41) is 9.91. The minimum Gasteiger partial charge on any atom is -0.394 e. The van der Waals surface area contributed by atoms with Crippen LogP contribution in [0.25, 0.3) is 0 Å². The Labute approximate surface area is 149 Å². The summed E-state index contributed by atoms with van der Waals surface area (Å²) in [6, 6.07) is 9.83. The number of aliphatic hydroxyl groups excluding tert-OH is 1. The van der Waals surface area contributed by atoms with Crippen molar-refractivity contribution in [1.82, 2.24) is 14.5 Å². The average molecular weight is 341 g/mol. The van der Waals surface area contributed by atoms with Gasteiger partial charge in [0.25, 0.3) is 0 Å². The molecule has 134 valence electrons. The zero-order chi connectivity index (χ0) is 17.8. The van der Waals surface area contributed by atoms with Crippen LogP contribution in [0.3, 0.4) is 0 Å². The van der Waals surface area contributed by atoms with Crippen molar-refractivity contribution in [1.29, 1.82) is 0 Å². The van der Waals surface area contributed by atoms with Crippen molar-refractivity contribution in [2.24, 2.45) is 11.8 Å². The fourth-order valence-corrected chi connectivity index (χ4v) is 3.60. The van der Waals surface area contributed by atoms with Crippen LogP contribution in [-0.4, -0.2) is 38.1 Å². The molecule has 1 aliphatic heterocycles. The molecule has 1 aromatic heterocycles. The third-order valence-corrected chi connectivity index (χ3v) is 5.13. The van der Waals surface area contributed by atoms with E-state index in [1.165, 1.54) is 0 Å². The summed E-state index contributed by atoms with van der Waals surface area (Å²) in [4.78, 5) is 19.6. The fraction of sp³-hybridized carbons (Fsp3) is 0.500. The van der Waals surface area contributed by atoms with E-state index in [4.69, 9.17) is 0 Å². The molecule has 1 N–H and O–H groups in total. The van der Waals surface area contributed by atoms with E-state index >= 15 is 0 Å². The number of aryl methyl sites for hydroxylation is 1. The van der Waals surface area contributed by atoms with Gasteiger partial charge in [-0.3, -0.25) is 4.79 Å². The van der Waals surface area contributed by atoms with Gasteiger partial charge in [0, 0.05) is 37.8 Å². The SMILES string of the molecule is CC(C)[C@@H](CO)N(Cc1ccccc1)C(=O)[C@H]1CCn2ccnc2C1. The highest BCUT2D eigenvalue weighted by Crippen LogP contribution is 2.25. The zero-order valence-electron chi connectivity index (χ0n) is 15.0. The first-order valence-electron chi connectivity index (χ1n) is 9.05. The lowest BCUT2D eigenvalue weighted by molar-refractivity contribution is -0.141. The van der Waals surface area contributed by atoms with Gasteiger partial charge in [-0.1, -0.05) is 44.2 Å². The molecule has 2 atom stereocenters. The summed E-state index contributed by atoms with van der Waals surface area (Å²) in [6.07, 6.45) is 5.27. The van der Waals surface area contributed by atoms with Gasteiger partial charge in [0.2, 0.25) is 5.91 Å². The van der Waals surface area contributed by atoms with Crippen LogP contribution in [0.2, 0.25) is 0 Å². The highest BCUT2D eigenvalue weighted by molar-refractivity contribution is 5.79. The quantitative estimate of drug-likeness (QED) is 0.878. The number of benzene rings is 1. The molecule has 5 heteroatoms. The lowest BCUT2D eigenvalue weighted by Gasteiger charge is -2.37. The standard InChI is InChI=1S/C20H27N3O2/c1-15(2)18(14-24)23(13-16-6-4-3-5-7-16)20(25)17-8-10-22-11-9-21-19(22)12-17/h3-7,9,11,15,17-18,24H,8,10,12-14H2,1-2H3/t17-,18+/m0/s1. The highest BCUT2D eigenvalue weighted by Gasteiger charge is 2.33. The molecular formula is C20H27N3O2. The van der Waals surface area contributed by atoms with Crippen LogP contribution in [0.5, 0.6) is 0 Å². The van der Waals surface area contributed by atoms with Crippen LogP contribution < -0.4 is 0 Å². The molecule has 0 aliphatic carbocycles. The van der Waals surface area contributed by atoms with Crippen molar-refractivity contribution < 1.29 is 9.90 Å². The van der Waals surface area contributed by atoms with Crippen molar-refractivity contribution in [3.8, 4) is 0 Å². The molecular weight excluding hydrogens is 314 g/mol. The normalized spacial score (nSPS) is 18.0. The Morgan fingerprint density at radius 3 is 2.80 bits per heavy atom. The van der Waals surface area contributed by atoms with Gasteiger partial charge in [0.15, 0.2) is 0 Å². The van der Waals surface area contributed by atoms with Gasteiger partial charge in [-0.05, 0) is 17.9 Å². The number of hydrogen-bond acceptors (Lipinski definition) is 3. The predicted octanol–water partition coefficient (Wildman–Crippen LogP) is 2.49. The molecule has 1 aromatic carbocycles. The van der Waals surface area contributed by atoms with E-state index in [2.05, 4.69) is 23.4 Å². The van der Waals surface area contributed by atoms with E-state index < -0.39 is 0 Å². The maximum Gasteiger partial charge on any atom is 0.226 e. The second kappa shape index (κ2) is 7.83. The number of aromatic nitrogens is 2. The first-order valence-corrected chi connectivity index (χ1v) is 9.05. The van der Waals surface area contributed by atoms with Crippen LogP contribution in [0, 0.1) is 11.8 Å². The smallest absolute Gasteiger partial charge is 0.226 e. The minimum absolute atomic E-state index is 0.0163. The zero-order valence-corrected chi connectivity index (χ0v) is 15.0. The van der Waals surface area contributed by atoms with E-state index in [-0.39, 0.29) is 30.4 Å². The van der Waals surface area contributed by atoms with Gasteiger partial charge < -0.3 is 14.6 Å². The Morgan fingerprint density at radius 1 is 1.36 bits per heavy atom. The van der Waals surface area contributed by atoms with Crippen molar-refractivity contribution in [2.45, 2.75) is 45.8 Å². The number of aliphatic hydroxyl groups is 1. The Morgan fingerprint density at radius 2 is 2.12 bits per heavy atom. The Kier molecular flexibility index (Phi) is 5.53. The summed E-state index contributed by atoms with van der Waals surface area (Å²) < 4.78 is 2.12. The molecule has 5 nitrogen and oxygen atoms in total. The van der Waals surface area contributed by atoms with Crippen LogP contribution in [0.4, 0.5) is 0 Å². The largest absolute Gasteiger partial charge is 0.394 e. The molecule has 1 amide bonds. The second-order valence-electron chi connectivity index (χ2n) is 7.17. The second-order valence-corrected chi connectivity index (χ2v) is 7.17. The van der Waals surface area contributed by atoms with Crippen LogP contribution in [-0.2, 0) is 24.3 Å². The van der Waals surface area contributed by atoms with Crippen molar-refractivity contribution in [2.75, 3.05) is 6.61 Å². The Hall–Kier alpha value is -2.14. The summed E-state index contributed by atoms with van der Waals surface area (Å²) >= 11 is 0. The summed E-state index contributed by atoms with van der Waals surface area (Å²) in [5.74, 6) is 1.25. The molecule has 0 radical (unpaired) electrons. The number of rotatable bonds is 6. The molecule has 0 spiro atoms. The first-order chi connectivity index (χ1) is 12.1. The molecule has 0 saturated heterocycles. The number of amides is 1. The number of nitrogens with zero attached hydrogens (tertiary/aromatic N) is 3. The van der Waals surface area contributed by atoms with Crippen molar-refractivity contribution in [3.05, 3.63) is 54.1 Å². The van der Waals surface area contributed by atoms with Gasteiger partial charge in [-0.15, -0.1) is 0 Å². The molecule has 0 unspecified atom stereocenters. The van der Waals surface area contributed by atoms with Crippen LogP contribution >= 0.6 is 0 Å². The maximum absolute atomic E-state index is 13.3. The number of fused-ring (bicyclic) bond motifs is 1. The summed E-state index contributed by atoms with van der Waals surface area (Å²) in [7, 11) is 0. The average Bonchev–Trinajstić information content (AvgIpc) is 3.09. The van der Waals surface area contributed by atoms with E-state index in [0.717, 1.165) is 24.4 Å².